The van der Waals surface area contributed by atoms with E-state index in [0.717, 1.165) is 34.2 Å². The molecule has 0 heterocycles. The molecule has 0 atom stereocenters. The predicted octanol–water partition coefficient (Wildman–Crippen LogP) is 3.86. The summed E-state index contributed by atoms with van der Waals surface area (Å²) in [7, 11) is 3.55. The van der Waals surface area contributed by atoms with Crippen LogP contribution in [0.3, 0.4) is 0 Å². The van der Waals surface area contributed by atoms with Crippen LogP contribution in [-0.2, 0) is 11.3 Å². The van der Waals surface area contributed by atoms with Crippen LogP contribution in [0.5, 0.6) is 5.75 Å². The van der Waals surface area contributed by atoms with E-state index >= 15 is 0 Å². The number of amides is 1. The fraction of sp³-hybridized carbons (Fsp3) is 0.308. The molecule has 168 valence electrons. The Bertz CT molecular complexity index is 1080. The van der Waals surface area contributed by atoms with Crippen LogP contribution in [0.2, 0.25) is 0 Å². The van der Waals surface area contributed by atoms with E-state index in [1.165, 1.54) is 0 Å². The summed E-state index contributed by atoms with van der Waals surface area (Å²) in [5, 5.41) is 2.04. The normalized spacial score (nSPS) is 10.8. The second-order valence-electron chi connectivity index (χ2n) is 7.96. The van der Waals surface area contributed by atoms with E-state index in [9.17, 15) is 9.59 Å². The van der Waals surface area contributed by atoms with Gasteiger partial charge in [0.1, 0.15) is 5.75 Å². The van der Waals surface area contributed by atoms with E-state index < -0.39 is 0 Å². The molecule has 0 saturated heterocycles. The fourth-order valence-corrected chi connectivity index (χ4v) is 3.61. The predicted molar refractivity (Wildman–Crippen MR) is 129 cm³/mol. The summed E-state index contributed by atoms with van der Waals surface area (Å²) in [4.78, 5) is 28.5. The van der Waals surface area contributed by atoms with Gasteiger partial charge in [0.25, 0.3) is 0 Å². The van der Waals surface area contributed by atoms with Crippen molar-refractivity contribution in [2.75, 3.05) is 38.7 Å². The summed E-state index contributed by atoms with van der Waals surface area (Å²) >= 11 is 0. The van der Waals surface area contributed by atoms with Gasteiger partial charge in [0.2, 0.25) is 5.91 Å². The SMILES string of the molecule is COc1ccc(CN(CCCN)C(=O)CN(C)c2ccc3cc(C(C)=O)ccc3c2)cc1. The van der Waals surface area contributed by atoms with Crippen LogP contribution in [0.15, 0.2) is 60.7 Å². The lowest BCUT2D eigenvalue weighted by atomic mass is 10.0. The minimum absolute atomic E-state index is 0.0452. The molecule has 3 rings (SSSR count). The first-order chi connectivity index (χ1) is 15.4. The lowest BCUT2D eigenvalue weighted by molar-refractivity contribution is -0.130. The summed E-state index contributed by atoms with van der Waals surface area (Å²) in [5.74, 6) is 0.886. The van der Waals surface area contributed by atoms with Crippen molar-refractivity contribution in [3.05, 3.63) is 71.8 Å². The highest BCUT2D eigenvalue weighted by Gasteiger charge is 2.16. The highest BCUT2D eigenvalue weighted by Crippen LogP contribution is 2.23. The molecule has 0 aromatic heterocycles. The number of likely N-dealkylation sites (N-methyl/N-ethyl adjacent to an activating group) is 1. The van der Waals surface area contributed by atoms with Gasteiger partial charge in [-0.1, -0.05) is 30.3 Å². The van der Waals surface area contributed by atoms with Gasteiger partial charge in [0, 0.05) is 31.4 Å². The van der Waals surface area contributed by atoms with E-state index in [1.807, 2.05) is 77.5 Å². The van der Waals surface area contributed by atoms with Crippen molar-refractivity contribution in [3.8, 4) is 5.75 Å². The molecule has 1 amide bonds. The number of carbonyl (C=O) groups excluding carboxylic acids is 2. The quantitative estimate of drug-likeness (QED) is 0.491. The number of carbonyl (C=O) groups is 2. The number of nitrogens with zero attached hydrogens (tertiary/aromatic N) is 2. The smallest absolute Gasteiger partial charge is 0.242 e. The van der Waals surface area contributed by atoms with E-state index in [-0.39, 0.29) is 18.2 Å². The molecule has 0 fully saturated rings. The lowest BCUT2D eigenvalue weighted by Crippen LogP contribution is -2.39. The van der Waals surface area contributed by atoms with Crippen LogP contribution in [0.25, 0.3) is 10.8 Å². The molecular formula is C26H31N3O3. The maximum Gasteiger partial charge on any atom is 0.242 e. The third-order valence-corrected chi connectivity index (χ3v) is 5.56. The molecule has 0 aliphatic rings. The van der Waals surface area contributed by atoms with Crippen LogP contribution >= 0.6 is 0 Å². The third-order valence-electron chi connectivity index (χ3n) is 5.56. The Kier molecular flexibility index (Phi) is 7.84. The Labute approximate surface area is 189 Å². The first kappa shape index (κ1) is 23.3. The Morgan fingerprint density at radius 3 is 2.31 bits per heavy atom. The lowest BCUT2D eigenvalue weighted by Gasteiger charge is -2.27. The van der Waals surface area contributed by atoms with Crippen molar-refractivity contribution < 1.29 is 14.3 Å². The molecule has 0 aliphatic carbocycles. The summed E-state index contributed by atoms with van der Waals surface area (Å²) < 4.78 is 5.22. The number of ether oxygens (including phenoxy) is 1. The molecule has 0 spiro atoms. The monoisotopic (exact) mass is 433 g/mol. The maximum atomic E-state index is 13.1. The molecule has 6 nitrogen and oxygen atoms in total. The first-order valence-electron chi connectivity index (χ1n) is 10.8. The topological polar surface area (TPSA) is 75.9 Å². The van der Waals surface area contributed by atoms with Gasteiger partial charge >= 0.3 is 0 Å². The average Bonchev–Trinajstić information content (AvgIpc) is 2.81. The number of nitrogens with two attached hydrogens (primary N) is 1. The van der Waals surface area contributed by atoms with Crippen LogP contribution < -0.4 is 15.4 Å². The highest BCUT2D eigenvalue weighted by atomic mass is 16.5. The number of methoxy groups -OCH3 is 1. The second kappa shape index (κ2) is 10.8. The molecule has 0 radical (unpaired) electrons. The van der Waals surface area contributed by atoms with Crippen LogP contribution in [0, 0.1) is 0 Å². The summed E-state index contributed by atoms with van der Waals surface area (Å²) in [6, 6.07) is 19.4. The highest BCUT2D eigenvalue weighted by molar-refractivity contribution is 5.99. The van der Waals surface area contributed by atoms with Crippen molar-refractivity contribution in [1.82, 2.24) is 4.90 Å². The Morgan fingerprint density at radius 1 is 0.969 bits per heavy atom. The van der Waals surface area contributed by atoms with Crippen LogP contribution in [-0.4, -0.2) is 50.4 Å². The van der Waals surface area contributed by atoms with Gasteiger partial charge in [0.15, 0.2) is 5.78 Å². The Balaban J connectivity index is 1.72. The number of fused-ring (bicyclic) bond motifs is 1. The number of ketones is 1. The molecule has 3 aromatic carbocycles. The number of hydrogen-bond acceptors (Lipinski definition) is 5. The summed E-state index contributed by atoms with van der Waals surface area (Å²) in [5.41, 5.74) is 8.39. The van der Waals surface area contributed by atoms with E-state index in [1.54, 1.807) is 14.0 Å². The van der Waals surface area contributed by atoms with Gasteiger partial charge in [-0.2, -0.15) is 0 Å². The number of Topliss-reactive ketones (excluding diaryl/α,β-unsaturated/α-hetero) is 1. The molecule has 0 aliphatic heterocycles. The summed E-state index contributed by atoms with van der Waals surface area (Å²) in [6.07, 6.45) is 0.750. The Morgan fingerprint density at radius 2 is 1.66 bits per heavy atom. The average molecular weight is 434 g/mol. The van der Waals surface area contributed by atoms with Crippen molar-refractivity contribution in [2.45, 2.75) is 19.9 Å². The van der Waals surface area contributed by atoms with Crippen LogP contribution in [0.4, 0.5) is 5.69 Å². The fourth-order valence-electron chi connectivity index (χ4n) is 3.61. The van der Waals surface area contributed by atoms with E-state index in [4.69, 9.17) is 10.5 Å². The molecule has 0 bridgehead atoms. The molecule has 6 heteroatoms. The molecule has 0 saturated carbocycles. The zero-order chi connectivity index (χ0) is 23.1. The summed E-state index contributed by atoms with van der Waals surface area (Å²) in [6.45, 7) is 3.51. The zero-order valence-corrected chi connectivity index (χ0v) is 19.0. The van der Waals surface area contributed by atoms with Gasteiger partial charge in [-0.15, -0.1) is 0 Å². The van der Waals surface area contributed by atoms with Crippen molar-refractivity contribution in [3.63, 3.8) is 0 Å². The van der Waals surface area contributed by atoms with Gasteiger partial charge in [-0.3, -0.25) is 9.59 Å². The number of benzene rings is 3. The number of rotatable bonds is 10. The maximum absolute atomic E-state index is 13.1. The van der Waals surface area contributed by atoms with Gasteiger partial charge < -0.3 is 20.3 Å². The second-order valence-corrected chi connectivity index (χ2v) is 7.96. The number of anilines is 1. The minimum atomic E-state index is 0.0452. The van der Waals surface area contributed by atoms with E-state index in [0.29, 0.717) is 25.2 Å². The van der Waals surface area contributed by atoms with Crippen molar-refractivity contribution in [1.29, 1.82) is 0 Å². The molecule has 2 N–H and O–H groups in total. The third kappa shape index (κ3) is 5.86. The zero-order valence-electron chi connectivity index (χ0n) is 19.0. The minimum Gasteiger partial charge on any atom is -0.497 e. The van der Waals surface area contributed by atoms with Gasteiger partial charge in [0.05, 0.1) is 13.7 Å². The number of hydrogen-bond donors (Lipinski definition) is 1. The van der Waals surface area contributed by atoms with Crippen molar-refractivity contribution in [2.24, 2.45) is 5.73 Å². The first-order valence-corrected chi connectivity index (χ1v) is 10.8. The van der Waals surface area contributed by atoms with Crippen LogP contribution in [0.1, 0.15) is 29.3 Å². The van der Waals surface area contributed by atoms with E-state index in [2.05, 4.69) is 0 Å². The largest absolute Gasteiger partial charge is 0.497 e. The van der Waals surface area contributed by atoms with Gasteiger partial charge in [-0.25, -0.2) is 0 Å². The molecular weight excluding hydrogens is 402 g/mol. The molecule has 0 unspecified atom stereocenters. The standard InChI is InChI=1S/C26H31N3O3/c1-19(30)21-7-8-23-16-24(10-9-22(23)15-21)28(2)18-26(31)29(14-4-13-27)17-20-5-11-25(32-3)12-6-20/h5-12,15-16H,4,13-14,17-18,27H2,1-3H3. The Hall–Kier alpha value is -3.38. The van der Waals surface area contributed by atoms with Gasteiger partial charge in [-0.05, 0) is 66.6 Å². The molecule has 3 aromatic rings. The van der Waals surface area contributed by atoms with Crippen molar-refractivity contribution >= 4 is 28.2 Å². The molecule has 32 heavy (non-hydrogen) atoms.